The van der Waals surface area contributed by atoms with Crippen LogP contribution in [0.15, 0.2) is 6.07 Å². The molecule has 0 fully saturated rings. The summed E-state index contributed by atoms with van der Waals surface area (Å²) < 4.78 is 7.33. The smallest absolute Gasteiger partial charge is 0.410 e. The number of hydrogen-bond acceptors (Lipinski definition) is 3. The molecule has 0 aliphatic carbocycles. The molecular weight excluding hydrogens is 298 g/mol. The van der Waals surface area contributed by atoms with Crippen LogP contribution in [0.2, 0.25) is 0 Å². The second-order valence-corrected chi connectivity index (χ2v) is 5.95. The average molecular weight is 316 g/mol. The van der Waals surface area contributed by atoms with Crippen molar-refractivity contribution in [3.05, 3.63) is 17.5 Å². The number of aromatic nitrogens is 2. The van der Waals surface area contributed by atoms with E-state index in [1.54, 1.807) is 4.90 Å². The molecule has 1 aliphatic rings. The summed E-state index contributed by atoms with van der Waals surface area (Å²) in [5.74, 6) is 0. The first-order valence-corrected chi connectivity index (χ1v) is 7.11. The molecule has 1 aliphatic heterocycles. The lowest BCUT2D eigenvalue weighted by Crippen LogP contribution is -2.41. The van der Waals surface area contributed by atoms with E-state index < -0.39 is 5.60 Å². The lowest BCUT2D eigenvalue weighted by atomic mass is 10.2. The molecular formula is C12H18BrN3O2. The number of rotatable bonds is 1. The summed E-state index contributed by atoms with van der Waals surface area (Å²) in [5, 5.41) is 5.16. The summed E-state index contributed by atoms with van der Waals surface area (Å²) in [6.07, 6.45) is -0.254. The molecule has 1 aromatic heterocycles. The average Bonchev–Trinajstić information content (AvgIpc) is 2.68. The highest BCUT2D eigenvalue weighted by molar-refractivity contribution is 9.08. The maximum Gasteiger partial charge on any atom is 0.410 e. The molecule has 0 aromatic carbocycles. The normalized spacial score (nSPS) is 15.4. The number of alkyl halides is 1. The van der Waals surface area contributed by atoms with Crippen LogP contribution in [0, 0.1) is 0 Å². The van der Waals surface area contributed by atoms with Crippen molar-refractivity contribution in [3.63, 3.8) is 0 Å². The van der Waals surface area contributed by atoms with Crippen LogP contribution in [0.25, 0.3) is 0 Å². The maximum atomic E-state index is 12.0. The summed E-state index contributed by atoms with van der Waals surface area (Å²) >= 11 is 3.39. The predicted octanol–water partition coefficient (Wildman–Crippen LogP) is 2.53. The molecule has 6 heteroatoms. The summed E-state index contributed by atoms with van der Waals surface area (Å²) in [7, 11) is 0. The van der Waals surface area contributed by atoms with E-state index >= 15 is 0 Å². The van der Waals surface area contributed by atoms with Crippen LogP contribution in [-0.2, 0) is 23.2 Å². The first kappa shape index (κ1) is 13.4. The third-order valence-electron chi connectivity index (χ3n) is 2.64. The molecule has 0 unspecified atom stereocenters. The molecule has 0 saturated carbocycles. The van der Waals surface area contributed by atoms with E-state index in [4.69, 9.17) is 4.74 Å². The largest absolute Gasteiger partial charge is 0.444 e. The summed E-state index contributed by atoms with van der Waals surface area (Å²) in [5.41, 5.74) is 1.60. The fourth-order valence-electron chi connectivity index (χ4n) is 1.87. The van der Waals surface area contributed by atoms with Crippen molar-refractivity contribution in [3.8, 4) is 0 Å². The second kappa shape index (κ2) is 4.91. The first-order valence-electron chi connectivity index (χ1n) is 5.98. The van der Waals surface area contributed by atoms with Gasteiger partial charge in [-0.05, 0) is 26.8 Å². The number of hydrogen-bond donors (Lipinski definition) is 0. The molecule has 0 N–H and O–H groups in total. The van der Waals surface area contributed by atoms with Gasteiger partial charge in [0.05, 0.1) is 24.5 Å². The Labute approximate surface area is 115 Å². The second-order valence-electron chi connectivity index (χ2n) is 5.39. The van der Waals surface area contributed by atoms with E-state index in [0.29, 0.717) is 13.1 Å². The highest BCUT2D eigenvalue weighted by Crippen LogP contribution is 2.18. The van der Waals surface area contributed by atoms with Crippen LogP contribution >= 0.6 is 15.9 Å². The van der Waals surface area contributed by atoms with Crippen LogP contribution in [0.5, 0.6) is 0 Å². The highest BCUT2D eigenvalue weighted by Gasteiger charge is 2.26. The van der Waals surface area contributed by atoms with Crippen molar-refractivity contribution in [2.24, 2.45) is 0 Å². The number of fused-ring (bicyclic) bond motifs is 1. The van der Waals surface area contributed by atoms with E-state index in [1.165, 1.54) is 0 Å². The van der Waals surface area contributed by atoms with Crippen molar-refractivity contribution < 1.29 is 9.53 Å². The van der Waals surface area contributed by atoms with Crippen molar-refractivity contribution in [1.29, 1.82) is 0 Å². The molecule has 0 spiro atoms. The molecule has 0 saturated heterocycles. The Morgan fingerprint density at radius 1 is 1.50 bits per heavy atom. The summed E-state index contributed by atoms with van der Waals surface area (Å²) in [6.45, 7) is 7.56. The standard InChI is InChI=1S/C12H18BrN3O2/c1-12(2,3)18-11(17)15-4-5-16-10(8-15)6-9(7-13)14-16/h6H,4-5,7-8H2,1-3H3. The minimum Gasteiger partial charge on any atom is -0.444 e. The fraction of sp³-hybridized carbons (Fsp3) is 0.667. The van der Waals surface area contributed by atoms with Gasteiger partial charge in [0.15, 0.2) is 0 Å². The minimum absolute atomic E-state index is 0.254. The van der Waals surface area contributed by atoms with E-state index in [0.717, 1.165) is 23.3 Å². The molecule has 0 bridgehead atoms. The van der Waals surface area contributed by atoms with Gasteiger partial charge in [0, 0.05) is 11.9 Å². The maximum absolute atomic E-state index is 12.0. The van der Waals surface area contributed by atoms with Gasteiger partial charge < -0.3 is 9.64 Å². The molecule has 2 heterocycles. The lowest BCUT2D eigenvalue weighted by Gasteiger charge is -2.30. The van der Waals surface area contributed by atoms with Gasteiger partial charge in [-0.3, -0.25) is 4.68 Å². The summed E-state index contributed by atoms with van der Waals surface area (Å²) in [4.78, 5) is 13.7. The van der Waals surface area contributed by atoms with Crippen LogP contribution in [0.4, 0.5) is 4.79 Å². The molecule has 1 aromatic rings. The van der Waals surface area contributed by atoms with E-state index in [2.05, 4.69) is 21.0 Å². The monoisotopic (exact) mass is 315 g/mol. The van der Waals surface area contributed by atoms with Gasteiger partial charge in [0.25, 0.3) is 0 Å². The number of carbonyl (C=O) groups excluding carboxylic acids is 1. The number of carbonyl (C=O) groups is 1. The zero-order valence-corrected chi connectivity index (χ0v) is 12.5. The first-order chi connectivity index (χ1) is 8.39. The lowest BCUT2D eigenvalue weighted by molar-refractivity contribution is 0.0194. The molecule has 1 amide bonds. The Hall–Kier alpha value is -1.04. The topological polar surface area (TPSA) is 47.4 Å². The van der Waals surface area contributed by atoms with E-state index in [1.807, 2.05) is 31.5 Å². The fourth-order valence-corrected chi connectivity index (χ4v) is 2.15. The Balaban J connectivity index is 2.05. The van der Waals surface area contributed by atoms with Gasteiger partial charge in [-0.25, -0.2) is 4.79 Å². The van der Waals surface area contributed by atoms with Gasteiger partial charge >= 0.3 is 6.09 Å². The molecule has 0 radical (unpaired) electrons. The van der Waals surface area contributed by atoms with Crippen LogP contribution in [0.3, 0.4) is 0 Å². The number of amides is 1. The van der Waals surface area contributed by atoms with Gasteiger partial charge in [-0.1, -0.05) is 15.9 Å². The van der Waals surface area contributed by atoms with Crippen molar-refractivity contribution >= 4 is 22.0 Å². The van der Waals surface area contributed by atoms with Crippen molar-refractivity contribution in [1.82, 2.24) is 14.7 Å². The molecule has 0 atom stereocenters. The Morgan fingerprint density at radius 3 is 2.83 bits per heavy atom. The minimum atomic E-state index is -0.449. The zero-order chi connectivity index (χ0) is 13.3. The molecule has 5 nitrogen and oxygen atoms in total. The van der Waals surface area contributed by atoms with Gasteiger partial charge in [0.2, 0.25) is 0 Å². The third-order valence-corrected chi connectivity index (χ3v) is 3.21. The van der Waals surface area contributed by atoms with E-state index in [-0.39, 0.29) is 6.09 Å². The predicted molar refractivity (Wildman–Crippen MR) is 71.5 cm³/mol. The summed E-state index contributed by atoms with van der Waals surface area (Å²) in [6, 6.07) is 2.02. The zero-order valence-electron chi connectivity index (χ0n) is 10.9. The van der Waals surface area contributed by atoms with Crippen LogP contribution < -0.4 is 0 Å². The number of ether oxygens (including phenoxy) is 1. The van der Waals surface area contributed by atoms with Gasteiger partial charge in [-0.15, -0.1) is 0 Å². The van der Waals surface area contributed by atoms with Crippen molar-refractivity contribution in [2.75, 3.05) is 6.54 Å². The van der Waals surface area contributed by atoms with Gasteiger partial charge in [-0.2, -0.15) is 5.10 Å². The Kier molecular flexibility index (Phi) is 3.66. The van der Waals surface area contributed by atoms with Gasteiger partial charge in [0.1, 0.15) is 5.60 Å². The van der Waals surface area contributed by atoms with Crippen LogP contribution in [-0.4, -0.2) is 32.9 Å². The molecule has 2 rings (SSSR count). The van der Waals surface area contributed by atoms with Crippen molar-refractivity contribution in [2.45, 2.75) is 44.8 Å². The Morgan fingerprint density at radius 2 is 2.22 bits per heavy atom. The van der Waals surface area contributed by atoms with Crippen LogP contribution in [0.1, 0.15) is 32.2 Å². The quantitative estimate of drug-likeness (QED) is 0.748. The SMILES string of the molecule is CC(C)(C)OC(=O)N1CCn2nc(CBr)cc2C1. The third kappa shape index (κ3) is 3.04. The molecule has 100 valence electrons. The Bertz CT molecular complexity index is 451. The highest BCUT2D eigenvalue weighted by atomic mass is 79.9. The van der Waals surface area contributed by atoms with E-state index in [9.17, 15) is 4.79 Å². The number of nitrogens with zero attached hydrogens (tertiary/aromatic N) is 3. The number of halogens is 1. The molecule has 18 heavy (non-hydrogen) atoms.